The molecule has 2 N–H and O–H groups in total. The second-order valence-corrected chi connectivity index (χ2v) is 3.45. The van der Waals surface area contributed by atoms with E-state index < -0.39 is 4.92 Å². The third-order valence-electron chi connectivity index (χ3n) is 1.59. The summed E-state index contributed by atoms with van der Waals surface area (Å²) in [5.41, 5.74) is 5.33. The lowest BCUT2D eigenvalue weighted by molar-refractivity contribution is -0.383. The molecule has 0 spiro atoms. The summed E-state index contributed by atoms with van der Waals surface area (Å²) in [5.74, 6) is 0.00574. The summed E-state index contributed by atoms with van der Waals surface area (Å²) in [4.78, 5) is 13.8. The molecule has 0 aromatic carbocycles. The maximum atomic E-state index is 10.6. The predicted octanol–water partition coefficient (Wildman–Crippen LogP) is 0.982. The van der Waals surface area contributed by atoms with E-state index in [1.165, 1.54) is 10.6 Å². The molecule has 72 valence electrons. The molecule has 0 unspecified atom stereocenters. The zero-order valence-corrected chi connectivity index (χ0v) is 8.30. The molecule has 14 heavy (non-hydrogen) atoms. The summed E-state index contributed by atoms with van der Waals surface area (Å²) in [6.45, 7) is 0. The Bertz CT molecular complexity index is 522. The Balaban J connectivity index is 2.85. The van der Waals surface area contributed by atoms with Crippen LogP contribution >= 0.6 is 15.9 Å². The number of pyridine rings is 1. The van der Waals surface area contributed by atoms with Crippen molar-refractivity contribution in [1.82, 2.24) is 14.6 Å². The van der Waals surface area contributed by atoms with Crippen LogP contribution in [0.3, 0.4) is 0 Å². The van der Waals surface area contributed by atoms with E-state index >= 15 is 0 Å². The number of hydrogen-bond donors (Lipinski definition) is 1. The summed E-state index contributed by atoms with van der Waals surface area (Å²) in [7, 11) is 0. The van der Waals surface area contributed by atoms with Crippen molar-refractivity contribution >= 4 is 33.2 Å². The SMILES string of the molecule is Nc1nc2c([N+](=O)[O-])cc(Br)cn2n1. The van der Waals surface area contributed by atoms with Crippen molar-refractivity contribution in [3.05, 3.63) is 26.9 Å². The number of aromatic nitrogens is 3. The van der Waals surface area contributed by atoms with Gasteiger partial charge in [-0.1, -0.05) is 0 Å². The number of halogens is 1. The summed E-state index contributed by atoms with van der Waals surface area (Å²) in [5, 5.41) is 14.4. The molecule has 0 fully saturated rings. The van der Waals surface area contributed by atoms with Crippen molar-refractivity contribution in [3.63, 3.8) is 0 Å². The average Bonchev–Trinajstić information content (AvgIpc) is 2.42. The number of nitrogen functional groups attached to an aromatic ring is 1. The van der Waals surface area contributed by atoms with Crippen LogP contribution in [-0.2, 0) is 0 Å². The largest absolute Gasteiger partial charge is 0.366 e. The van der Waals surface area contributed by atoms with Crippen molar-refractivity contribution in [3.8, 4) is 0 Å². The number of hydrogen-bond acceptors (Lipinski definition) is 5. The molecule has 0 radical (unpaired) electrons. The van der Waals surface area contributed by atoms with Crippen molar-refractivity contribution in [2.24, 2.45) is 0 Å². The second kappa shape index (κ2) is 2.91. The van der Waals surface area contributed by atoms with Crippen LogP contribution in [0, 0.1) is 10.1 Å². The first-order valence-corrected chi connectivity index (χ1v) is 4.33. The molecule has 0 saturated carbocycles. The lowest BCUT2D eigenvalue weighted by Gasteiger charge is -1.94. The summed E-state index contributed by atoms with van der Waals surface area (Å²) >= 11 is 3.13. The van der Waals surface area contributed by atoms with Crippen LogP contribution < -0.4 is 5.73 Å². The summed E-state index contributed by atoms with van der Waals surface area (Å²) in [6, 6.07) is 1.35. The summed E-state index contributed by atoms with van der Waals surface area (Å²) < 4.78 is 1.80. The third-order valence-corrected chi connectivity index (χ3v) is 2.03. The van der Waals surface area contributed by atoms with Crippen LogP contribution in [0.4, 0.5) is 11.6 Å². The van der Waals surface area contributed by atoms with Crippen LogP contribution in [0.25, 0.3) is 5.65 Å². The van der Waals surface area contributed by atoms with Gasteiger partial charge in [0.05, 0.1) is 4.92 Å². The molecule has 0 saturated heterocycles. The van der Waals surface area contributed by atoms with Crippen molar-refractivity contribution in [1.29, 1.82) is 0 Å². The van der Waals surface area contributed by atoms with Crippen LogP contribution in [0.15, 0.2) is 16.7 Å². The van der Waals surface area contributed by atoms with Gasteiger partial charge in [-0.15, -0.1) is 5.10 Å². The van der Waals surface area contributed by atoms with Crippen LogP contribution in [0.5, 0.6) is 0 Å². The van der Waals surface area contributed by atoms with Crippen LogP contribution in [0.1, 0.15) is 0 Å². The van der Waals surface area contributed by atoms with Gasteiger partial charge in [0, 0.05) is 16.7 Å². The van der Waals surface area contributed by atoms with E-state index in [1.807, 2.05) is 0 Å². The van der Waals surface area contributed by atoms with Crippen LogP contribution in [0.2, 0.25) is 0 Å². The molecule has 2 aromatic heterocycles. The maximum Gasteiger partial charge on any atom is 0.315 e. The monoisotopic (exact) mass is 257 g/mol. The lowest BCUT2D eigenvalue weighted by atomic mass is 10.4. The highest BCUT2D eigenvalue weighted by atomic mass is 79.9. The minimum atomic E-state index is -0.534. The highest BCUT2D eigenvalue weighted by molar-refractivity contribution is 9.10. The van der Waals surface area contributed by atoms with Gasteiger partial charge >= 0.3 is 5.69 Å². The van der Waals surface area contributed by atoms with Gasteiger partial charge in [-0.3, -0.25) is 10.1 Å². The van der Waals surface area contributed by atoms with E-state index in [2.05, 4.69) is 26.0 Å². The quantitative estimate of drug-likeness (QED) is 0.607. The topological polar surface area (TPSA) is 99.3 Å². The molecule has 0 aliphatic heterocycles. The second-order valence-electron chi connectivity index (χ2n) is 2.54. The molecule has 7 nitrogen and oxygen atoms in total. The summed E-state index contributed by atoms with van der Waals surface area (Å²) in [6.07, 6.45) is 1.55. The first kappa shape index (κ1) is 8.88. The smallest absolute Gasteiger partial charge is 0.315 e. The standard InChI is InChI=1S/C6H4BrN5O2/c7-3-1-4(12(13)14)5-9-6(8)10-11(5)2-3/h1-2H,(H2,8,10). The Morgan fingerprint density at radius 2 is 2.36 bits per heavy atom. The Morgan fingerprint density at radius 1 is 1.64 bits per heavy atom. The Kier molecular flexibility index (Phi) is 1.84. The number of fused-ring (bicyclic) bond motifs is 1. The predicted molar refractivity (Wildman–Crippen MR) is 51.8 cm³/mol. The van der Waals surface area contributed by atoms with Gasteiger partial charge < -0.3 is 5.73 Å². The first-order valence-electron chi connectivity index (χ1n) is 3.54. The van der Waals surface area contributed by atoms with Crippen molar-refractivity contribution in [2.45, 2.75) is 0 Å². The van der Waals surface area contributed by atoms with Gasteiger partial charge in [0.1, 0.15) is 0 Å². The van der Waals surface area contributed by atoms with E-state index in [9.17, 15) is 10.1 Å². The fourth-order valence-corrected chi connectivity index (χ4v) is 1.50. The number of nitro groups is 1. The Labute approximate surface area is 85.8 Å². The molecular weight excluding hydrogens is 254 g/mol. The minimum absolute atomic E-state index is 0.00574. The Morgan fingerprint density at radius 3 is 3.00 bits per heavy atom. The van der Waals surface area contributed by atoms with E-state index in [0.717, 1.165) is 0 Å². The fraction of sp³-hybridized carbons (Fsp3) is 0. The van der Waals surface area contributed by atoms with Gasteiger partial charge in [-0.2, -0.15) is 4.98 Å². The zero-order valence-electron chi connectivity index (χ0n) is 6.72. The zero-order chi connectivity index (χ0) is 10.3. The molecule has 2 aromatic rings. The van der Waals surface area contributed by atoms with Crippen molar-refractivity contribution < 1.29 is 4.92 Å². The molecule has 0 atom stereocenters. The molecule has 0 amide bonds. The van der Waals surface area contributed by atoms with E-state index in [0.29, 0.717) is 4.47 Å². The van der Waals surface area contributed by atoms with Gasteiger partial charge in [0.25, 0.3) is 0 Å². The van der Waals surface area contributed by atoms with E-state index in [-0.39, 0.29) is 17.3 Å². The normalized spacial score (nSPS) is 10.6. The van der Waals surface area contributed by atoms with Gasteiger partial charge in [0.2, 0.25) is 11.6 Å². The highest BCUT2D eigenvalue weighted by Gasteiger charge is 2.16. The molecule has 0 bridgehead atoms. The molecule has 0 aliphatic carbocycles. The van der Waals surface area contributed by atoms with Crippen molar-refractivity contribution in [2.75, 3.05) is 5.73 Å². The van der Waals surface area contributed by atoms with Crippen LogP contribution in [-0.4, -0.2) is 19.5 Å². The van der Waals surface area contributed by atoms with E-state index in [1.54, 1.807) is 6.20 Å². The maximum absolute atomic E-state index is 10.6. The lowest BCUT2D eigenvalue weighted by Crippen LogP contribution is -1.95. The van der Waals surface area contributed by atoms with E-state index in [4.69, 9.17) is 5.73 Å². The number of nitrogens with two attached hydrogens (primary N) is 1. The Hall–Kier alpha value is -1.70. The molecule has 2 heterocycles. The number of anilines is 1. The third kappa shape index (κ3) is 1.29. The molecule has 8 heteroatoms. The average molecular weight is 258 g/mol. The first-order chi connectivity index (χ1) is 6.58. The molecule has 2 rings (SSSR count). The fourth-order valence-electron chi connectivity index (χ4n) is 1.09. The molecular formula is C6H4BrN5O2. The molecule has 0 aliphatic rings. The number of rotatable bonds is 1. The number of nitrogens with zero attached hydrogens (tertiary/aromatic N) is 4. The van der Waals surface area contributed by atoms with Gasteiger partial charge in [-0.25, -0.2) is 4.52 Å². The highest BCUT2D eigenvalue weighted by Crippen LogP contribution is 2.23. The minimum Gasteiger partial charge on any atom is -0.366 e. The van der Waals surface area contributed by atoms with Gasteiger partial charge in [0.15, 0.2) is 0 Å². The van der Waals surface area contributed by atoms with Gasteiger partial charge in [-0.05, 0) is 15.9 Å².